The molecule has 2 fully saturated rings. The van der Waals surface area contributed by atoms with Crippen LogP contribution in [0.25, 0.3) is 0 Å². The zero-order valence-corrected chi connectivity index (χ0v) is 16.2. The Labute approximate surface area is 167 Å². The van der Waals surface area contributed by atoms with Crippen LogP contribution < -0.4 is 4.74 Å². The van der Waals surface area contributed by atoms with Crippen molar-refractivity contribution < 1.29 is 32.6 Å². The second-order valence-corrected chi connectivity index (χ2v) is 8.35. The van der Waals surface area contributed by atoms with Crippen LogP contribution in [-0.2, 0) is 4.79 Å². The summed E-state index contributed by atoms with van der Waals surface area (Å²) in [5, 5.41) is 9.18. The molecule has 0 bridgehead atoms. The molecule has 1 aromatic rings. The number of carbonyl (C=O) groups is 2. The quantitative estimate of drug-likeness (QED) is 0.794. The molecule has 1 amide bonds. The van der Waals surface area contributed by atoms with E-state index >= 15 is 0 Å². The van der Waals surface area contributed by atoms with Crippen LogP contribution in [0.3, 0.4) is 0 Å². The molecule has 1 saturated carbocycles. The van der Waals surface area contributed by atoms with Gasteiger partial charge in [0.15, 0.2) is 11.4 Å². The van der Waals surface area contributed by atoms with Gasteiger partial charge in [-0.15, -0.1) is 0 Å². The van der Waals surface area contributed by atoms with Crippen LogP contribution in [0.2, 0.25) is 0 Å². The second-order valence-electron chi connectivity index (χ2n) is 8.35. The van der Waals surface area contributed by atoms with Crippen LogP contribution in [0, 0.1) is 17.3 Å². The molecule has 1 aliphatic heterocycles. The molecule has 29 heavy (non-hydrogen) atoms. The molecule has 1 unspecified atom stereocenters. The minimum atomic E-state index is -4.18. The van der Waals surface area contributed by atoms with Gasteiger partial charge in [0.2, 0.25) is 5.91 Å². The number of aromatic carboxylic acids is 1. The average molecular weight is 414 g/mol. The van der Waals surface area contributed by atoms with E-state index in [1.807, 2.05) is 6.92 Å². The van der Waals surface area contributed by atoms with E-state index < -0.39 is 18.1 Å². The maximum atomic E-state index is 12.8. The van der Waals surface area contributed by atoms with Crippen molar-refractivity contribution in [2.24, 2.45) is 17.3 Å². The van der Waals surface area contributed by atoms with E-state index in [-0.39, 0.29) is 61.0 Å². The number of hydrogen-bond donors (Lipinski definition) is 1. The zero-order chi connectivity index (χ0) is 21.2. The van der Waals surface area contributed by atoms with Crippen molar-refractivity contribution >= 4 is 11.9 Å². The molecule has 6 nitrogen and oxygen atoms in total. The lowest BCUT2D eigenvalue weighted by Gasteiger charge is -2.32. The molecule has 0 spiro atoms. The fraction of sp³-hybridized carbons (Fsp3) is 0.650. The molecule has 1 saturated heterocycles. The van der Waals surface area contributed by atoms with E-state index in [1.165, 1.54) is 12.3 Å². The molecule has 1 aromatic heterocycles. The number of carboxylic acid groups (broad SMARTS) is 1. The lowest BCUT2D eigenvalue weighted by Crippen LogP contribution is -2.39. The van der Waals surface area contributed by atoms with Gasteiger partial charge in [0.25, 0.3) is 0 Å². The van der Waals surface area contributed by atoms with Gasteiger partial charge in [-0.1, -0.05) is 6.92 Å². The van der Waals surface area contributed by atoms with Gasteiger partial charge in [0.1, 0.15) is 0 Å². The third-order valence-corrected chi connectivity index (χ3v) is 5.96. The van der Waals surface area contributed by atoms with Crippen LogP contribution >= 0.6 is 0 Å². The summed E-state index contributed by atoms with van der Waals surface area (Å²) in [5.74, 6) is -2.73. The summed E-state index contributed by atoms with van der Waals surface area (Å²) < 4.78 is 44.2. The Kier molecular flexibility index (Phi) is 6.05. The second kappa shape index (κ2) is 8.20. The standard InChI is InChI=1S/C20H25F3N2O4/c1-19(12-29-15-3-2-9-24-16(15)18(27)28)8-10-25(11-19)17(26)13-4-6-14(7-5-13)20(21,22)23/h2-3,9,13-14H,4-8,10-12H2,1H3,(H,27,28)/t13-,14-,19?. The number of carboxylic acids is 1. The number of halogens is 3. The lowest BCUT2D eigenvalue weighted by molar-refractivity contribution is -0.185. The van der Waals surface area contributed by atoms with E-state index in [0.717, 1.165) is 0 Å². The topological polar surface area (TPSA) is 79.7 Å². The van der Waals surface area contributed by atoms with Gasteiger partial charge in [-0.25, -0.2) is 9.78 Å². The Hall–Kier alpha value is -2.32. The van der Waals surface area contributed by atoms with Crippen molar-refractivity contribution in [3.63, 3.8) is 0 Å². The highest BCUT2D eigenvalue weighted by atomic mass is 19.4. The van der Waals surface area contributed by atoms with Crippen molar-refractivity contribution in [1.29, 1.82) is 0 Å². The van der Waals surface area contributed by atoms with Crippen LogP contribution in [0.5, 0.6) is 5.75 Å². The maximum absolute atomic E-state index is 12.8. The van der Waals surface area contributed by atoms with Crippen LogP contribution in [0.4, 0.5) is 13.2 Å². The van der Waals surface area contributed by atoms with E-state index in [2.05, 4.69) is 4.98 Å². The van der Waals surface area contributed by atoms with Gasteiger partial charge in [0.05, 0.1) is 12.5 Å². The zero-order valence-electron chi connectivity index (χ0n) is 16.2. The Morgan fingerprint density at radius 3 is 2.62 bits per heavy atom. The number of hydrogen-bond acceptors (Lipinski definition) is 4. The molecule has 3 rings (SSSR count). The van der Waals surface area contributed by atoms with Gasteiger partial charge in [-0.3, -0.25) is 4.79 Å². The van der Waals surface area contributed by atoms with Gasteiger partial charge in [0, 0.05) is 30.6 Å². The minimum Gasteiger partial charge on any atom is -0.490 e. The van der Waals surface area contributed by atoms with Crippen molar-refractivity contribution in [1.82, 2.24) is 9.88 Å². The molecular weight excluding hydrogens is 389 g/mol. The summed E-state index contributed by atoms with van der Waals surface area (Å²) in [6.45, 7) is 3.14. The van der Waals surface area contributed by atoms with Gasteiger partial charge in [-0.2, -0.15) is 13.2 Å². The maximum Gasteiger partial charge on any atom is 0.391 e. The predicted octanol–water partition coefficient (Wildman–Crippen LogP) is 3.77. The van der Waals surface area contributed by atoms with E-state index in [9.17, 15) is 27.9 Å². The average Bonchev–Trinajstić information content (AvgIpc) is 3.08. The summed E-state index contributed by atoms with van der Waals surface area (Å²) in [5.41, 5.74) is -0.520. The van der Waals surface area contributed by atoms with Crippen molar-refractivity contribution in [2.75, 3.05) is 19.7 Å². The number of aromatic nitrogens is 1. The number of rotatable bonds is 5. The van der Waals surface area contributed by atoms with Gasteiger partial charge >= 0.3 is 12.1 Å². The summed E-state index contributed by atoms with van der Waals surface area (Å²) in [7, 11) is 0. The van der Waals surface area contributed by atoms with Gasteiger partial charge < -0.3 is 14.7 Å². The number of amides is 1. The number of alkyl halides is 3. The van der Waals surface area contributed by atoms with Crippen molar-refractivity contribution in [3.8, 4) is 5.75 Å². The number of ether oxygens (including phenoxy) is 1. The van der Waals surface area contributed by atoms with E-state index in [1.54, 1.807) is 11.0 Å². The number of pyridine rings is 1. The first kappa shape index (κ1) is 21.4. The number of carbonyl (C=O) groups excluding carboxylic acids is 1. The lowest BCUT2D eigenvalue weighted by atomic mass is 9.81. The first-order chi connectivity index (χ1) is 13.6. The monoisotopic (exact) mass is 414 g/mol. The largest absolute Gasteiger partial charge is 0.490 e. The van der Waals surface area contributed by atoms with Gasteiger partial charge in [-0.05, 0) is 44.2 Å². The first-order valence-corrected chi connectivity index (χ1v) is 9.76. The van der Waals surface area contributed by atoms with E-state index in [4.69, 9.17) is 4.74 Å². The minimum absolute atomic E-state index is 0.00704. The molecule has 0 radical (unpaired) electrons. The van der Waals surface area contributed by atoms with Crippen LogP contribution in [0.1, 0.15) is 49.5 Å². The summed E-state index contributed by atoms with van der Waals surface area (Å²) in [6.07, 6.45) is -1.57. The van der Waals surface area contributed by atoms with Crippen molar-refractivity contribution in [2.45, 2.75) is 45.2 Å². The normalized spacial score (nSPS) is 27.7. The fourth-order valence-electron chi connectivity index (χ4n) is 4.18. The Balaban J connectivity index is 1.54. The first-order valence-electron chi connectivity index (χ1n) is 9.76. The number of likely N-dealkylation sites (tertiary alicyclic amines) is 1. The predicted molar refractivity (Wildman–Crippen MR) is 97.5 cm³/mol. The molecule has 2 aliphatic rings. The molecule has 2 heterocycles. The highest BCUT2D eigenvalue weighted by Crippen LogP contribution is 2.41. The SMILES string of the molecule is CC1(COc2cccnc2C(=O)O)CCN(C(=O)[C@H]2CC[C@H](C(F)(F)F)CC2)C1. The van der Waals surface area contributed by atoms with Crippen LogP contribution in [0.15, 0.2) is 18.3 Å². The highest BCUT2D eigenvalue weighted by Gasteiger charge is 2.44. The summed E-state index contributed by atoms with van der Waals surface area (Å²) in [4.78, 5) is 29.5. The molecule has 9 heteroatoms. The Bertz CT molecular complexity index is 762. The summed E-state index contributed by atoms with van der Waals surface area (Å²) in [6, 6.07) is 3.13. The highest BCUT2D eigenvalue weighted by molar-refractivity contribution is 5.88. The van der Waals surface area contributed by atoms with E-state index in [0.29, 0.717) is 19.5 Å². The smallest absolute Gasteiger partial charge is 0.391 e. The third kappa shape index (κ3) is 5.00. The molecule has 0 aromatic carbocycles. The molecule has 160 valence electrons. The Morgan fingerprint density at radius 1 is 1.31 bits per heavy atom. The third-order valence-electron chi connectivity index (χ3n) is 5.96. The fourth-order valence-corrected chi connectivity index (χ4v) is 4.18. The Morgan fingerprint density at radius 2 is 2.00 bits per heavy atom. The van der Waals surface area contributed by atoms with Crippen molar-refractivity contribution in [3.05, 3.63) is 24.0 Å². The molecule has 1 N–H and O–H groups in total. The molecular formula is C20H25F3N2O4. The summed E-state index contributed by atoms with van der Waals surface area (Å²) >= 11 is 0. The molecule has 1 aliphatic carbocycles. The molecule has 1 atom stereocenters. The number of nitrogens with zero attached hydrogens (tertiary/aromatic N) is 2. The van der Waals surface area contributed by atoms with Crippen LogP contribution in [-0.4, -0.2) is 52.7 Å².